The normalized spacial score (nSPS) is 10.9. The predicted molar refractivity (Wildman–Crippen MR) is 82.5 cm³/mol. The molecule has 0 radical (unpaired) electrons. The van der Waals surface area contributed by atoms with Gasteiger partial charge >= 0.3 is 0 Å². The van der Waals surface area contributed by atoms with Gasteiger partial charge in [-0.3, -0.25) is 4.79 Å². The standard InChI is InChI=1S/C15H10BrF2N3O/c1-8(22)10-7-21-5-4-19-15(21)13(18)14(10)20-12-3-2-9(16)6-11(12)17/h2-7,20H,1H3. The average Bonchev–Trinajstić information content (AvgIpc) is 2.92. The Morgan fingerprint density at radius 3 is 2.82 bits per heavy atom. The molecular formula is C15H10BrF2N3O. The number of benzene rings is 1. The largest absolute Gasteiger partial charge is 0.350 e. The van der Waals surface area contributed by atoms with Crippen molar-refractivity contribution in [3.63, 3.8) is 0 Å². The van der Waals surface area contributed by atoms with Crippen LogP contribution >= 0.6 is 15.9 Å². The second kappa shape index (κ2) is 5.49. The molecule has 0 aliphatic carbocycles. The highest BCUT2D eigenvalue weighted by Gasteiger charge is 2.19. The van der Waals surface area contributed by atoms with Gasteiger partial charge in [0.15, 0.2) is 17.2 Å². The van der Waals surface area contributed by atoms with Crippen molar-refractivity contribution in [1.82, 2.24) is 9.38 Å². The number of anilines is 2. The zero-order chi connectivity index (χ0) is 15.9. The molecule has 1 aromatic carbocycles. The number of carbonyl (C=O) groups excluding carboxylic acids is 1. The van der Waals surface area contributed by atoms with E-state index >= 15 is 0 Å². The minimum absolute atomic E-state index is 0.0602. The molecule has 2 heterocycles. The topological polar surface area (TPSA) is 46.4 Å². The second-order valence-corrected chi connectivity index (χ2v) is 5.61. The number of nitrogens with one attached hydrogen (secondary N) is 1. The molecule has 0 spiro atoms. The minimum Gasteiger partial charge on any atom is -0.350 e. The number of hydrogen-bond acceptors (Lipinski definition) is 3. The van der Waals surface area contributed by atoms with Gasteiger partial charge in [-0.1, -0.05) is 15.9 Å². The van der Waals surface area contributed by atoms with Crippen molar-refractivity contribution < 1.29 is 13.6 Å². The van der Waals surface area contributed by atoms with Gasteiger partial charge < -0.3 is 9.72 Å². The quantitative estimate of drug-likeness (QED) is 0.703. The summed E-state index contributed by atoms with van der Waals surface area (Å²) < 4.78 is 30.5. The number of halogens is 3. The number of carbonyl (C=O) groups is 1. The number of ketones is 1. The number of imidazole rings is 1. The molecule has 112 valence electrons. The van der Waals surface area contributed by atoms with E-state index in [1.165, 1.54) is 42.0 Å². The smallest absolute Gasteiger partial charge is 0.190 e. The highest BCUT2D eigenvalue weighted by atomic mass is 79.9. The fraction of sp³-hybridized carbons (Fsp3) is 0.0667. The molecule has 4 nitrogen and oxygen atoms in total. The van der Waals surface area contributed by atoms with Crippen LogP contribution in [0.4, 0.5) is 20.2 Å². The van der Waals surface area contributed by atoms with E-state index in [1.54, 1.807) is 6.07 Å². The zero-order valence-corrected chi connectivity index (χ0v) is 13.0. The van der Waals surface area contributed by atoms with Crippen molar-refractivity contribution in [3.8, 4) is 0 Å². The molecule has 1 N–H and O–H groups in total. The Hall–Kier alpha value is -2.28. The van der Waals surface area contributed by atoms with Crippen molar-refractivity contribution in [2.45, 2.75) is 6.92 Å². The third-order valence-electron chi connectivity index (χ3n) is 3.19. The summed E-state index contributed by atoms with van der Waals surface area (Å²) in [7, 11) is 0. The first kappa shape index (κ1) is 14.6. The van der Waals surface area contributed by atoms with Gasteiger partial charge in [0.05, 0.1) is 16.9 Å². The molecule has 0 saturated carbocycles. The molecule has 0 unspecified atom stereocenters. The van der Waals surface area contributed by atoms with Crippen LogP contribution in [-0.4, -0.2) is 15.2 Å². The van der Waals surface area contributed by atoms with Crippen LogP contribution in [0.3, 0.4) is 0 Å². The Morgan fingerprint density at radius 1 is 1.36 bits per heavy atom. The van der Waals surface area contributed by atoms with Gasteiger partial charge in [-0.2, -0.15) is 0 Å². The first-order valence-electron chi connectivity index (χ1n) is 6.35. The molecule has 0 fully saturated rings. The van der Waals surface area contributed by atoms with Crippen LogP contribution in [0, 0.1) is 11.6 Å². The van der Waals surface area contributed by atoms with Gasteiger partial charge in [0.2, 0.25) is 0 Å². The van der Waals surface area contributed by atoms with E-state index in [4.69, 9.17) is 0 Å². The van der Waals surface area contributed by atoms with Gasteiger partial charge in [-0.15, -0.1) is 0 Å². The van der Waals surface area contributed by atoms with Gasteiger partial charge in [0.25, 0.3) is 0 Å². The average molecular weight is 366 g/mol. The Balaban J connectivity index is 2.18. The fourth-order valence-electron chi connectivity index (χ4n) is 2.14. The van der Waals surface area contributed by atoms with Crippen LogP contribution in [0.5, 0.6) is 0 Å². The third kappa shape index (κ3) is 2.48. The predicted octanol–water partition coefficient (Wildman–Crippen LogP) is 4.32. The molecule has 0 bridgehead atoms. The number of nitrogens with zero attached hydrogens (tertiary/aromatic N) is 2. The Bertz CT molecular complexity index is 892. The van der Waals surface area contributed by atoms with E-state index in [0.29, 0.717) is 4.47 Å². The molecule has 2 aromatic heterocycles. The zero-order valence-electron chi connectivity index (χ0n) is 11.4. The molecule has 3 rings (SSSR count). The summed E-state index contributed by atoms with van der Waals surface area (Å²) in [5.74, 6) is -1.61. The number of hydrogen-bond donors (Lipinski definition) is 1. The molecule has 0 amide bonds. The molecule has 7 heteroatoms. The summed E-state index contributed by atoms with van der Waals surface area (Å²) in [5, 5.41) is 2.65. The van der Waals surface area contributed by atoms with Crippen molar-refractivity contribution in [3.05, 3.63) is 58.5 Å². The Morgan fingerprint density at radius 2 is 2.14 bits per heavy atom. The summed E-state index contributed by atoms with van der Waals surface area (Å²) in [6, 6.07) is 4.32. The monoisotopic (exact) mass is 365 g/mol. The lowest BCUT2D eigenvalue weighted by Crippen LogP contribution is -2.07. The molecule has 3 aromatic rings. The summed E-state index contributed by atoms with van der Waals surface area (Å²) >= 11 is 3.15. The molecule has 22 heavy (non-hydrogen) atoms. The van der Waals surface area contributed by atoms with E-state index in [-0.39, 0.29) is 28.4 Å². The van der Waals surface area contributed by atoms with E-state index in [0.717, 1.165) is 0 Å². The van der Waals surface area contributed by atoms with Crippen LogP contribution in [-0.2, 0) is 0 Å². The lowest BCUT2D eigenvalue weighted by molar-refractivity contribution is 0.101. The maximum absolute atomic E-state index is 14.6. The van der Waals surface area contributed by atoms with E-state index in [1.807, 2.05) is 0 Å². The Kier molecular flexibility index (Phi) is 3.66. The summed E-state index contributed by atoms with van der Waals surface area (Å²) in [6.07, 6.45) is 4.42. The minimum atomic E-state index is -0.708. The van der Waals surface area contributed by atoms with Crippen molar-refractivity contribution in [1.29, 1.82) is 0 Å². The van der Waals surface area contributed by atoms with Crippen LogP contribution < -0.4 is 5.32 Å². The number of fused-ring (bicyclic) bond motifs is 1. The SMILES string of the molecule is CC(=O)c1cn2ccnc2c(F)c1Nc1ccc(Br)cc1F. The number of rotatable bonds is 3. The van der Waals surface area contributed by atoms with Gasteiger partial charge in [-0.25, -0.2) is 13.8 Å². The highest BCUT2D eigenvalue weighted by molar-refractivity contribution is 9.10. The molecular weight excluding hydrogens is 356 g/mol. The van der Waals surface area contributed by atoms with Crippen molar-refractivity contribution in [2.75, 3.05) is 5.32 Å². The van der Waals surface area contributed by atoms with Crippen LogP contribution in [0.1, 0.15) is 17.3 Å². The van der Waals surface area contributed by atoms with E-state index < -0.39 is 11.6 Å². The maximum Gasteiger partial charge on any atom is 0.190 e. The van der Waals surface area contributed by atoms with Gasteiger partial charge in [0.1, 0.15) is 5.82 Å². The lowest BCUT2D eigenvalue weighted by atomic mass is 10.1. The van der Waals surface area contributed by atoms with Crippen molar-refractivity contribution >= 4 is 38.7 Å². The summed E-state index contributed by atoms with van der Waals surface area (Å²) in [4.78, 5) is 15.7. The molecule has 0 saturated heterocycles. The van der Waals surface area contributed by atoms with Gasteiger partial charge in [-0.05, 0) is 25.1 Å². The maximum atomic E-state index is 14.6. The van der Waals surface area contributed by atoms with Crippen LogP contribution in [0.2, 0.25) is 0 Å². The van der Waals surface area contributed by atoms with Crippen molar-refractivity contribution in [2.24, 2.45) is 0 Å². The lowest BCUT2D eigenvalue weighted by Gasteiger charge is -2.13. The first-order chi connectivity index (χ1) is 10.5. The highest BCUT2D eigenvalue weighted by Crippen LogP contribution is 2.29. The number of aromatic nitrogens is 2. The number of pyridine rings is 1. The fourth-order valence-corrected chi connectivity index (χ4v) is 2.47. The first-order valence-corrected chi connectivity index (χ1v) is 7.15. The summed E-state index contributed by atoms with van der Waals surface area (Å²) in [5.41, 5.74) is 0.156. The van der Waals surface area contributed by atoms with E-state index in [9.17, 15) is 13.6 Å². The third-order valence-corrected chi connectivity index (χ3v) is 3.69. The Labute approximate surface area is 132 Å². The van der Waals surface area contributed by atoms with Crippen LogP contribution in [0.25, 0.3) is 5.65 Å². The van der Waals surface area contributed by atoms with Gasteiger partial charge in [0, 0.05) is 23.1 Å². The second-order valence-electron chi connectivity index (χ2n) is 4.70. The molecule has 0 atom stereocenters. The molecule has 0 aliphatic rings. The molecule has 0 aliphatic heterocycles. The van der Waals surface area contributed by atoms with E-state index in [2.05, 4.69) is 26.2 Å². The number of Topliss-reactive ketones (excluding diaryl/α,β-unsaturated/α-hetero) is 1. The van der Waals surface area contributed by atoms with Crippen LogP contribution in [0.15, 0.2) is 41.3 Å². The summed E-state index contributed by atoms with van der Waals surface area (Å²) in [6.45, 7) is 1.32.